The van der Waals surface area contributed by atoms with Crippen molar-refractivity contribution >= 4 is 50.0 Å². The van der Waals surface area contributed by atoms with Crippen molar-refractivity contribution in [1.29, 1.82) is 0 Å². The highest BCUT2D eigenvalue weighted by molar-refractivity contribution is 9.10. The zero-order valence-corrected chi connectivity index (χ0v) is 19.6. The Hall–Kier alpha value is -2.97. The third-order valence-electron chi connectivity index (χ3n) is 4.05. The van der Waals surface area contributed by atoms with E-state index in [1.807, 2.05) is 6.92 Å². The number of benzene rings is 3. The molecule has 1 N–H and O–H groups in total. The standard InChI is InChI=1S/C23H18Br2N2O4/c1-2-30-20-10-5-16(6-11-20)23(29)31-21-12-9-19(25)13-17(21)14-26-27-22(28)15-3-7-18(24)8-4-15/h3-14H,2H2,1H3,(H,27,28)/b26-14+. The number of esters is 1. The Balaban J connectivity index is 1.71. The lowest BCUT2D eigenvalue weighted by molar-refractivity contribution is 0.0734. The first kappa shape index (κ1) is 22.7. The molecule has 0 heterocycles. The van der Waals surface area contributed by atoms with Crippen molar-refractivity contribution in [2.45, 2.75) is 6.92 Å². The van der Waals surface area contributed by atoms with E-state index >= 15 is 0 Å². The predicted octanol–water partition coefficient (Wildman–Crippen LogP) is 5.59. The summed E-state index contributed by atoms with van der Waals surface area (Å²) in [5.74, 6) is 0.117. The monoisotopic (exact) mass is 544 g/mol. The molecule has 3 aromatic rings. The van der Waals surface area contributed by atoms with Gasteiger partial charge < -0.3 is 9.47 Å². The maximum absolute atomic E-state index is 12.5. The van der Waals surface area contributed by atoms with Gasteiger partial charge >= 0.3 is 5.97 Å². The number of nitrogens with zero attached hydrogens (tertiary/aromatic N) is 1. The molecule has 0 saturated heterocycles. The molecule has 0 saturated carbocycles. The van der Waals surface area contributed by atoms with Crippen LogP contribution in [0.1, 0.15) is 33.2 Å². The molecule has 0 spiro atoms. The fourth-order valence-electron chi connectivity index (χ4n) is 2.55. The second-order valence-electron chi connectivity index (χ2n) is 6.24. The highest BCUT2D eigenvalue weighted by atomic mass is 79.9. The van der Waals surface area contributed by atoms with Crippen LogP contribution in [0.5, 0.6) is 11.5 Å². The van der Waals surface area contributed by atoms with Crippen molar-refractivity contribution in [2.24, 2.45) is 5.10 Å². The van der Waals surface area contributed by atoms with Crippen LogP contribution in [0.15, 0.2) is 80.8 Å². The molecule has 0 bridgehead atoms. The fraction of sp³-hybridized carbons (Fsp3) is 0.0870. The Bertz CT molecular complexity index is 1100. The lowest BCUT2D eigenvalue weighted by atomic mass is 10.2. The molecule has 0 radical (unpaired) electrons. The van der Waals surface area contributed by atoms with E-state index in [0.717, 1.165) is 8.95 Å². The number of nitrogens with one attached hydrogen (secondary N) is 1. The van der Waals surface area contributed by atoms with E-state index in [0.29, 0.717) is 34.8 Å². The molecule has 0 aliphatic rings. The Morgan fingerprint density at radius 3 is 2.26 bits per heavy atom. The topological polar surface area (TPSA) is 77.0 Å². The summed E-state index contributed by atoms with van der Waals surface area (Å²) in [6.45, 7) is 2.43. The summed E-state index contributed by atoms with van der Waals surface area (Å²) in [7, 11) is 0. The minimum atomic E-state index is -0.515. The summed E-state index contributed by atoms with van der Waals surface area (Å²) in [4.78, 5) is 24.7. The van der Waals surface area contributed by atoms with Gasteiger partial charge in [0.1, 0.15) is 11.5 Å². The molecule has 8 heteroatoms. The van der Waals surface area contributed by atoms with Crippen LogP contribution in [-0.4, -0.2) is 24.7 Å². The Labute approximate surface area is 196 Å². The van der Waals surface area contributed by atoms with E-state index in [2.05, 4.69) is 42.4 Å². The molecule has 0 atom stereocenters. The van der Waals surface area contributed by atoms with Gasteiger partial charge in [0.15, 0.2) is 0 Å². The normalized spacial score (nSPS) is 10.7. The molecule has 0 fully saturated rings. The van der Waals surface area contributed by atoms with Gasteiger partial charge in [-0.15, -0.1) is 0 Å². The van der Waals surface area contributed by atoms with Gasteiger partial charge in [0.25, 0.3) is 5.91 Å². The van der Waals surface area contributed by atoms with Gasteiger partial charge in [-0.3, -0.25) is 4.79 Å². The molecule has 0 aliphatic heterocycles. The third-order valence-corrected chi connectivity index (χ3v) is 5.07. The van der Waals surface area contributed by atoms with Gasteiger partial charge in [0, 0.05) is 20.1 Å². The molecule has 158 valence electrons. The summed E-state index contributed by atoms with van der Waals surface area (Å²) in [6, 6.07) is 18.7. The largest absolute Gasteiger partial charge is 0.494 e. The number of hydrogen-bond donors (Lipinski definition) is 1. The minimum absolute atomic E-state index is 0.309. The summed E-state index contributed by atoms with van der Waals surface area (Å²) in [6.07, 6.45) is 1.42. The molecule has 0 aromatic heterocycles. The SMILES string of the molecule is CCOc1ccc(C(=O)Oc2ccc(Br)cc2/C=N/NC(=O)c2ccc(Br)cc2)cc1. The van der Waals surface area contributed by atoms with Gasteiger partial charge in [-0.2, -0.15) is 5.10 Å². The zero-order valence-electron chi connectivity index (χ0n) is 16.5. The maximum atomic E-state index is 12.5. The highest BCUT2D eigenvalue weighted by Gasteiger charge is 2.12. The van der Waals surface area contributed by atoms with Crippen LogP contribution in [-0.2, 0) is 0 Å². The summed E-state index contributed by atoms with van der Waals surface area (Å²) in [5.41, 5.74) is 3.84. The average molecular weight is 546 g/mol. The fourth-order valence-corrected chi connectivity index (χ4v) is 3.20. The van der Waals surface area contributed by atoms with Crippen molar-refractivity contribution in [3.63, 3.8) is 0 Å². The zero-order chi connectivity index (χ0) is 22.2. The van der Waals surface area contributed by atoms with Crippen molar-refractivity contribution in [2.75, 3.05) is 6.61 Å². The molecule has 3 aromatic carbocycles. The second kappa shape index (κ2) is 10.9. The summed E-state index contributed by atoms with van der Waals surface area (Å²) < 4.78 is 12.6. The maximum Gasteiger partial charge on any atom is 0.343 e. The Morgan fingerprint density at radius 2 is 1.58 bits per heavy atom. The number of halogens is 2. The quantitative estimate of drug-likeness (QED) is 0.182. The van der Waals surface area contributed by atoms with Gasteiger partial charge in [-0.05, 0) is 73.7 Å². The number of amides is 1. The lowest BCUT2D eigenvalue weighted by Crippen LogP contribution is -2.17. The van der Waals surface area contributed by atoms with E-state index in [-0.39, 0.29) is 5.91 Å². The van der Waals surface area contributed by atoms with Gasteiger partial charge in [-0.1, -0.05) is 31.9 Å². The first-order valence-corrected chi connectivity index (χ1v) is 10.9. The van der Waals surface area contributed by atoms with Crippen LogP contribution in [0.2, 0.25) is 0 Å². The average Bonchev–Trinajstić information content (AvgIpc) is 2.76. The van der Waals surface area contributed by atoms with Gasteiger partial charge in [0.2, 0.25) is 0 Å². The van der Waals surface area contributed by atoms with E-state index < -0.39 is 5.97 Å². The van der Waals surface area contributed by atoms with Crippen LogP contribution in [0.3, 0.4) is 0 Å². The highest BCUT2D eigenvalue weighted by Crippen LogP contribution is 2.23. The predicted molar refractivity (Wildman–Crippen MR) is 126 cm³/mol. The molecule has 6 nitrogen and oxygen atoms in total. The first-order valence-electron chi connectivity index (χ1n) is 9.30. The minimum Gasteiger partial charge on any atom is -0.494 e. The van der Waals surface area contributed by atoms with Gasteiger partial charge in [-0.25, -0.2) is 10.2 Å². The number of hydrazone groups is 1. The molecular formula is C23H18Br2N2O4. The van der Waals surface area contributed by atoms with Gasteiger partial charge in [0.05, 0.1) is 18.4 Å². The van der Waals surface area contributed by atoms with E-state index in [1.54, 1.807) is 66.7 Å². The van der Waals surface area contributed by atoms with Crippen LogP contribution in [0.25, 0.3) is 0 Å². The molecule has 31 heavy (non-hydrogen) atoms. The smallest absolute Gasteiger partial charge is 0.343 e. The number of hydrogen-bond acceptors (Lipinski definition) is 5. The van der Waals surface area contributed by atoms with Crippen molar-refractivity contribution in [3.05, 3.63) is 92.4 Å². The van der Waals surface area contributed by atoms with E-state index in [9.17, 15) is 9.59 Å². The summed E-state index contributed by atoms with van der Waals surface area (Å²) >= 11 is 6.71. The number of carbonyl (C=O) groups is 2. The molecule has 1 amide bonds. The van der Waals surface area contributed by atoms with Crippen LogP contribution < -0.4 is 14.9 Å². The Kier molecular flexibility index (Phi) is 7.97. The molecule has 3 rings (SSSR count). The molecule has 0 unspecified atom stereocenters. The van der Waals surface area contributed by atoms with Crippen LogP contribution in [0.4, 0.5) is 0 Å². The van der Waals surface area contributed by atoms with Crippen molar-refractivity contribution in [1.82, 2.24) is 5.43 Å². The lowest BCUT2D eigenvalue weighted by Gasteiger charge is -2.09. The van der Waals surface area contributed by atoms with Crippen LogP contribution >= 0.6 is 31.9 Å². The van der Waals surface area contributed by atoms with Crippen LogP contribution in [0, 0.1) is 0 Å². The number of rotatable bonds is 7. The first-order chi connectivity index (χ1) is 15.0. The van der Waals surface area contributed by atoms with Crippen molar-refractivity contribution in [3.8, 4) is 11.5 Å². The third kappa shape index (κ3) is 6.50. The molecule has 0 aliphatic carbocycles. The van der Waals surface area contributed by atoms with E-state index in [4.69, 9.17) is 9.47 Å². The summed E-state index contributed by atoms with van der Waals surface area (Å²) in [5, 5.41) is 3.99. The second-order valence-corrected chi connectivity index (χ2v) is 8.07. The number of ether oxygens (including phenoxy) is 2. The van der Waals surface area contributed by atoms with Crippen molar-refractivity contribution < 1.29 is 19.1 Å². The van der Waals surface area contributed by atoms with E-state index in [1.165, 1.54) is 6.21 Å². The molecular weight excluding hydrogens is 528 g/mol. The Morgan fingerprint density at radius 1 is 0.935 bits per heavy atom. The number of carbonyl (C=O) groups excluding carboxylic acids is 2.